The van der Waals surface area contributed by atoms with Gasteiger partial charge in [-0.25, -0.2) is 4.79 Å². The molecule has 1 aliphatic rings. The quantitative estimate of drug-likeness (QED) is 0.0252. The first-order valence-corrected chi connectivity index (χ1v) is 30.0. The number of ether oxygens (including phenoxy) is 1. The predicted octanol–water partition coefficient (Wildman–Crippen LogP) is 2.43. The average Bonchev–Trinajstić information content (AvgIpc) is 3.80. The van der Waals surface area contributed by atoms with Crippen molar-refractivity contribution in [3.05, 3.63) is 131 Å². The molecule has 9 amide bonds. The van der Waals surface area contributed by atoms with Gasteiger partial charge < -0.3 is 52.6 Å². The number of amides is 9. The molecule has 0 bridgehead atoms. The van der Waals surface area contributed by atoms with E-state index < -0.39 is 111 Å². The number of hydrogen-bond donors (Lipinski definition) is 9. The third-order valence-electron chi connectivity index (χ3n) is 13.5. The van der Waals surface area contributed by atoms with E-state index in [1.165, 1.54) is 6.92 Å². The topological polar surface area (TPSA) is 305 Å². The van der Waals surface area contributed by atoms with Gasteiger partial charge in [-0.3, -0.25) is 47.9 Å². The van der Waals surface area contributed by atoms with E-state index in [1.807, 2.05) is 76.2 Å². The Morgan fingerprint density at radius 2 is 0.904 bits per heavy atom. The van der Waals surface area contributed by atoms with E-state index in [1.54, 1.807) is 74.9 Å². The Hall–Kier alpha value is -8.26. The minimum atomic E-state index is -1.48. The molecule has 0 heterocycles. The van der Waals surface area contributed by atoms with Crippen molar-refractivity contribution in [2.45, 2.75) is 109 Å². The molecule has 0 spiro atoms. The van der Waals surface area contributed by atoms with Crippen LogP contribution in [0.1, 0.15) is 88.5 Å². The molecule has 0 saturated heterocycles. The summed E-state index contributed by atoms with van der Waals surface area (Å²) in [6, 6.07) is 27.1. The molecule has 6 unspecified atom stereocenters. The van der Waals surface area contributed by atoms with Crippen molar-refractivity contribution in [2.75, 3.05) is 39.5 Å². The smallest absolute Gasteiger partial charge is 0.407 e. The number of hydrogen-bond acceptors (Lipinski definition) is 12. The van der Waals surface area contributed by atoms with Crippen LogP contribution in [-0.4, -0.2) is 142 Å². The molecular formula is C60H77BN9O12P. The molecule has 0 aliphatic heterocycles. The molecule has 6 atom stereocenters. The van der Waals surface area contributed by atoms with E-state index in [0.29, 0.717) is 11.1 Å². The van der Waals surface area contributed by atoms with Crippen molar-refractivity contribution in [2.24, 2.45) is 11.8 Å². The number of carbonyl (C=O) groups excluding carboxylic acids is 11. The number of alkyl carbamates (subject to hydrolysis) is 1. The van der Waals surface area contributed by atoms with Crippen molar-refractivity contribution in [3.63, 3.8) is 0 Å². The summed E-state index contributed by atoms with van der Waals surface area (Å²) in [5, 5.41) is 23.4. The van der Waals surface area contributed by atoms with E-state index in [9.17, 15) is 52.7 Å². The summed E-state index contributed by atoms with van der Waals surface area (Å²) in [6.07, 6.45) is -1.30. The molecule has 9 N–H and O–H groups in total. The van der Waals surface area contributed by atoms with Gasteiger partial charge >= 0.3 is 6.09 Å². The summed E-state index contributed by atoms with van der Waals surface area (Å²) in [5.74, 6) is -6.37. The van der Waals surface area contributed by atoms with Gasteiger partial charge in [-0.15, -0.1) is 0 Å². The third kappa shape index (κ3) is 21.9. The summed E-state index contributed by atoms with van der Waals surface area (Å²) >= 11 is 0. The van der Waals surface area contributed by atoms with Crippen LogP contribution in [0.4, 0.5) is 4.79 Å². The van der Waals surface area contributed by atoms with Crippen LogP contribution in [0.5, 0.6) is 0 Å². The number of ketones is 1. The van der Waals surface area contributed by atoms with Gasteiger partial charge in [0.05, 0.1) is 26.2 Å². The zero-order chi connectivity index (χ0) is 60.6. The molecule has 4 aromatic rings. The molecule has 4 aromatic carbocycles. The highest BCUT2D eigenvalue weighted by Crippen LogP contribution is 2.44. The molecule has 442 valence electrons. The number of benzene rings is 4. The van der Waals surface area contributed by atoms with Gasteiger partial charge in [0.15, 0.2) is 5.52 Å². The van der Waals surface area contributed by atoms with Crippen molar-refractivity contribution < 1.29 is 57.5 Å². The van der Waals surface area contributed by atoms with Crippen molar-refractivity contribution in [1.29, 1.82) is 0 Å². The van der Waals surface area contributed by atoms with E-state index in [4.69, 9.17) is 4.74 Å². The lowest BCUT2D eigenvalue weighted by atomic mass is 9.98. The highest BCUT2D eigenvalue weighted by molar-refractivity contribution is 7.94. The Labute approximate surface area is 486 Å². The Balaban J connectivity index is 1.27. The Morgan fingerprint density at radius 1 is 0.482 bits per heavy atom. The number of rotatable bonds is 32. The van der Waals surface area contributed by atoms with Crippen molar-refractivity contribution in [3.8, 4) is 11.1 Å². The second kappa shape index (κ2) is 33.0. The van der Waals surface area contributed by atoms with Crippen LogP contribution in [0.2, 0.25) is 0 Å². The van der Waals surface area contributed by atoms with Crippen LogP contribution >= 0.6 is 7.80 Å². The van der Waals surface area contributed by atoms with Gasteiger partial charge in [0, 0.05) is 25.2 Å². The van der Waals surface area contributed by atoms with E-state index in [2.05, 4.69) is 47.9 Å². The van der Waals surface area contributed by atoms with Gasteiger partial charge in [-0.05, 0) is 78.1 Å². The zero-order valence-corrected chi connectivity index (χ0v) is 49.0. The van der Waals surface area contributed by atoms with Gasteiger partial charge in [-0.1, -0.05) is 145 Å². The van der Waals surface area contributed by atoms with E-state index in [-0.39, 0.29) is 80.9 Å². The van der Waals surface area contributed by atoms with Gasteiger partial charge in [0.25, 0.3) is 0 Å². The molecule has 0 saturated carbocycles. The van der Waals surface area contributed by atoms with Gasteiger partial charge in [0.2, 0.25) is 47.3 Å². The molecule has 0 fully saturated rings. The predicted molar refractivity (Wildman–Crippen MR) is 317 cm³/mol. The maximum absolute atomic E-state index is 14.0. The summed E-state index contributed by atoms with van der Waals surface area (Å²) < 4.78 is 5.73. The van der Waals surface area contributed by atoms with Crippen LogP contribution in [0.15, 0.2) is 109 Å². The van der Waals surface area contributed by atoms with E-state index >= 15 is 0 Å². The van der Waals surface area contributed by atoms with E-state index in [0.717, 1.165) is 22.3 Å². The summed E-state index contributed by atoms with van der Waals surface area (Å²) in [5.41, 5.74) is 5.09. The second-order valence-corrected chi connectivity index (χ2v) is 23.8. The monoisotopic (exact) mass is 1160 g/mol. The number of nitrogens with one attached hydrogen (secondary N) is 9. The lowest BCUT2D eigenvalue weighted by Gasteiger charge is -2.25. The highest BCUT2D eigenvalue weighted by atomic mass is 31.1. The fourth-order valence-electron chi connectivity index (χ4n) is 9.22. The van der Waals surface area contributed by atoms with Crippen LogP contribution in [0, 0.1) is 11.8 Å². The summed E-state index contributed by atoms with van der Waals surface area (Å²) in [4.78, 5) is 146. The van der Waals surface area contributed by atoms with Crippen molar-refractivity contribution >= 4 is 80.0 Å². The summed E-state index contributed by atoms with van der Waals surface area (Å²) in [7, 11) is 0.814. The molecule has 0 radical (unpaired) electrons. The highest BCUT2D eigenvalue weighted by Gasteiger charge is 2.33. The standard InChI is InChI=1S/C60H77BN9O12P/c1-36(2)27-47(56(77)63-31-38(5)71)68-58(79)49(29-39-17-9-7-10-18-39)66-52(73)32-62-51(72)26-25-46(70-60(81)82-35-45-43-23-15-13-21-41(43)42-22-14-16-24-44(42)45)55(76)64-33-53(74)67-50(30-40-19-11-8-12-20-40)59(80)69-48(28-37(3)4)57(78)65-34-54(75)83(6)61/h7-24,36-37,45-50H,25-35,61H2,1-6H3,(H,62,72)(H,63,77)(H,64,76)(H,65,78)(H,66,73)(H,67,74)(H,68,79)(H,69,80)(H,70,81). The lowest BCUT2D eigenvalue weighted by Crippen LogP contribution is -2.56. The lowest BCUT2D eigenvalue weighted by molar-refractivity contribution is -0.133. The zero-order valence-electron chi connectivity index (χ0n) is 48.1. The molecule has 0 aromatic heterocycles. The first-order chi connectivity index (χ1) is 39.6. The van der Waals surface area contributed by atoms with Crippen LogP contribution < -0.4 is 47.9 Å². The molecule has 5 rings (SSSR count). The minimum absolute atomic E-state index is 0.00251. The minimum Gasteiger partial charge on any atom is -0.449 e. The molecule has 21 nitrogen and oxygen atoms in total. The van der Waals surface area contributed by atoms with Crippen LogP contribution in [0.25, 0.3) is 11.1 Å². The fourth-order valence-corrected chi connectivity index (χ4v) is 9.62. The van der Waals surface area contributed by atoms with Gasteiger partial charge in [0.1, 0.15) is 50.2 Å². The largest absolute Gasteiger partial charge is 0.449 e. The Kier molecular flexibility index (Phi) is 26.1. The second-order valence-electron chi connectivity index (χ2n) is 21.5. The molecular weight excluding hydrogens is 1080 g/mol. The Bertz CT molecular complexity index is 2890. The van der Waals surface area contributed by atoms with Crippen LogP contribution in [0.3, 0.4) is 0 Å². The normalized spacial score (nSPS) is 13.7. The van der Waals surface area contributed by atoms with Crippen molar-refractivity contribution in [1.82, 2.24) is 47.9 Å². The summed E-state index contributed by atoms with van der Waals surface area (Å²) in [6.45, 7) is 8.71. The maximum Gasteiger partial charge on any atom is 0.407 e. The number of fused-ring (bicyclic) bond motifs is 3. The van der Waals surface area contributed by atoms with Crippen LogP contribution in [-0.2, 0) is 65.5 Å². The van der Waals surface area contributed by atoms with Gasteiger partial charge in [-0.2, -0.15) is 0 Å². The SMILES string of the molecule is BP(C)C(=O)CNC(=O)C(CC(C)C)NC(=O)C(Cc1ccccc1)NC(=O)CNC(=O)C(CCC(=O)NCC(=O)NC(Cc1ccccc1)C(=O)NC(CC(C)C)C(=O)NCC(C)=O)NC(=O)OCC1c2ccccc2-c2ccccc21. The molecule has 23 heteroatoms. The molecule has 1 aliphatic carbocycles. The Morgan fingerprint density at radius 3 is 1.36 bits per heavy atom. The maximum atomic E-state index is 14.0. The average molecular weight is 1160 g/mol. The molecule has 83 heavy (non-hydrogen) atoms. The number of Topliss-reactive ketones (excluding diaryl/α,β-unsaturated/α-hetero) is 1. The first-order valence-electron chi connectivity index (χ1n) is 27.8. The third-order valence-corrected chi connectivity index (χ3v) is 14.6. The number of carbonyl (C=O) groups is 11. The fraction of sp³-hybridized carbons (Fsp3) is 0.417. The first kappa shape index (κ1) is 65.6.